The third-order valence-electron chi connectivity index (χ3n) is 4.62. The second-order valence-corrected chi connectivity index (χ2v) is 6.24. The van der Waals surface area contributed by atoms with Crippen LogP contribution >= 0.6 is 0 Å². The number of hydrogen-bond acceptors (Lipinski definition) is 4. The molecule has 0 aliphatic carbocycles. The molecule has 5 nitrogen and oxygen atoms in total. The third-order valence-corrected chi connectivity index (χ3v) is 4.62. The van der Waals surface area contributed by atoms with Crippen molar-refractivity contribution < 1.29 is 18.8 Å². The number of oxime groups is 1. The highest BCUT2D eigenvalue weighted by molar-refractivity contribution is 6.32. The average Bonchev–Trinajstić information content (AvgIpc) is 3.11. The van der Waals surface area contributed by atoms with Gasteiger partial charge in [0.2, 0.25) is 12.0 Å². The zero-order chi connectivity index (χ0) is 17.7. The summed E-state index contributed by atoms with van der Waals surface area (Å²) in [6.45, 7) is 3.71. The number of benzene rings is 2. The summed E-state index contributed by atoms with van der Waals surface area (Å²) in [5.74, 6) is -1.98. The number of fused-ring (bicyclic) bond motifs is 1. The van der Waals surface area contributed by atoms with Gasteiger partial charge in [0.1, 0.15) is 17.4 Å². The number of hydrogen-bond donors (Lipinski definition) is 0. The van der Waals surface area contributed by atoms with Crippen LogP contribution in [-0.4, -0.2) is 23.6 Å². The summed E-state index contributed by atoms with van der Waals surface area (Å²) in [6.07, 6.45) is -0.966. The van der Waals surface area contributed by atoms with Gasteiger partial charge in [0.25, 0.3) is 5.91 Å². The lowest BCUT2D eigenvalue weighted by molar-refractivity contribution is -0.126. The number of imide groups is 1. The minimum Gasteiger partial charge on any atom is -0.381 e. The minimum atomic E-state index is -0.966. The van der Waals surface area contributed by atoms with Crippen LogP contribution in [0.5, 0.6) is 0 Å². The van der Waals surface area contributed by atoms with E-state index < -0.39 is 17.9 Å². The van der Waals surface area contributed by atoms with E-state index in [0.29, 0.717) is 17.0 Å². The van der Waals surface area contributed by atoms with Crippen molar-refractivity contribution in [3.8, 4) is 0 Å². The molecule has 2 heterocycles. The Hall–Kier alpha value is -3.02. The second-order valence-electron chi connectivity index (χ2n) is 6.24. The maximum atomic E-state index is 13.2. The molecule has 2 aliphatic heterocycles. The van der Waals surface area contributed by atoms with Crippen molar-refractivity contribution in [2.45, 2.75) is 20.0 Å². The normalized spacial score (nSPS) is 22.0. The summed E-state index contributed by atoms with van der Waals surface area (Å²) >= 11 is 0. The molecule has 2 aliphatic rings. The summed E-state index contributed by atoms with van der Waals surface area (Å²) in [5, 5.41) is 3.92. The molecule has 2 amide bonds. The number of amides is 2. The largest absolute Gasteiger partial charge is 0.381 e. The van der Waals surface area contributed by atoms with E-state index in [1.807, 2.05) is 32.0 Å². The zero-order valence-corrected chi connectivity index (χ0v) is 13.7. The highest BCUT2D eigenvalue weighted by atomic mass is 19.1. The van der Waals surface area contributed by atoms with Gasteiger partial charge in [-0.05, 0) is 37.1 Å². The predicted molar refractivity (Wildman–Crippen MR) is 89.7 cm³/mol. The number of halogens is 1. The van der Waals surface area contributed by atoms with Gasteiger partial charge < -0.3 is 4.84 Å². The lowest BCUT2D eigenvalue weighted by atomic mass is 9.94. The molecule has 25 heavy (non-hydrogen) atoms. The molecule has 0 bridgehead atoms. The van der Waals surface area contributed by atoms with E-state index in [2.05, 4.69) is 5.16 Å². The fourth-order valence-corrected chi connectivity index (χ4v) is 3.42. The van der Waals surface area contributed by atoms with Crippen molar-refractivity contribution in [3.63, 3.8) is 0 Å². The number of nitrogens with zero attached hydrogens (tertiary/aromatic N) is 2. The summed E-state index contributed by atoms with van der Waals surface area (Å²) in [6, 6.07) is 11.2. The summed E-state index contributed by atoms with van der Waals surface area (Å²) in [5.41, 5.74) is 3.19. The highest BCUT2D eigenvalue weighted by Gasteiger charge is 2.56. The standard InChI is InChI=1S/C19H15FN2O3/c1-10-4-3-5-11(2)16(10)22-18(23)14-15(21-25-17(14)19(22)24)12-6-8-13(20)9-7-12/h3-9,14,17H,1-2H3/t14-,17+/m1/s1. The second kappa shape index (κ2) is 5.51. The summed E-state index contributed by atoms with van der Waals surface area (Å²) in [7, 11) is 0. The van der Waals surface area contributed by atoms with E-state index in [1.54, 1.807) is 0 Å². The van der Waals surface area contributed by atoms with Crippen molar-refractivity contribution in [1.29, 1.82) is 0 Å². The molecule has 2 aromatic carbocycles. The Morgan fingerprint density at radius 2 is 1.64 bits per heavy atom. The first kappa shape index (κ1) is 15.5. The lowest BCUT2D eigenvalue weighted by Gasteiger charge is -2.20. The third kappa shape index (κ3) is 2.25. The molecule has 0 unspecified atom stereocenters. The quantitative estimate of drug-likeness (QED) is 0.791. The first-order valence-electron chi connectivity index (χ1n) is 7.92. The van der Waals surface area contributed by atoms with Gasteiger partial charge in [0, 0.05) is 5.56 Å². The number of anilines is 1. The Morgan fingerprint density at radius 3 is 2.28 bits per heavy atom. The summed E-state index contributed by atoms with van der Waals surface area (Å²) in [4.78, 5) is 32.3. The molecule has 0 saturated carbocycles. The smallest absolute Gasteiger partial charge is 0.278 e. The van der Waals surface area contributed by atoms with Crippen LogP contribution in [0.25, 0.3) is 0 Å². The Bertz CT molecular complexity index is 901. The Morgan fingerprint density at radius 1 is 1.00 bits per heavy atom. The first-order valence-corrected chi connectivity index (χ1v) is 7.92. The van der Waals surface area contributed by atoms with Gasteiger partial charge >= 0.3 is 0 Å². The van der Waals surface area contributed by atoms with Crippen LogP contribution in [0.3, 0.4) is 0 Å². The number of para-hydroxylation sites is 1. The van der Waals surface area contributed by atoms with Gasteiger partial charge in [-0.15, -0.1) is 0 Å². The fourth-order valence-electron chi connectivity index (χ4n) is 3.42. The van der Waals surface area contributed by atoms with Gasteiger partial charge in [0.05, 0.1) is 5.69 Å². The van der Waals surface area contributed by atoms with Gasteiger partial charge in [-0.2, -0.15) is 0 Å². The molecule has 126 valence electrons. The molecule has 0 N–H and O–H groups in total. The van der Waals surface area contributed by atoms with E-state index in [-0.39, 0.29) is 11.7 Å². The molecule has 2 atom stereocenters. The lowest BCUT2D eigenvalue weighted by Crippen LogP contribution is -2.34. The monoisotopic (exact) mass is 338 g/mol. The van der Waals surface area contributed by atoms with Crippen LogP contribution in [0.4, 0.5) is 10.1 Å². The van der Waals surface area contributed by atoms with E-state index in [4.69, 9.17) is 4.84 Å². The van der Waals surface area contributed by atoms with Crippen LogP contribution in [0, 0.1) is 25.6 Å². The Kier molecular flexibility index (Phi) is 3.42. The van der Waals surface area contributed by atoms with Crippen LogP contribution in [-0.2, 0) is 14.4 Å². The molecular formula is C19H15FN2O3. The minimum absolute atomic E-state index is 0.358. The van der Waals surface area contributed by atoms with Crippen molar-refractivity contribution in [3.05, 3.63) is 65.0 Å². The van der Waals surface area contributed by atoms with Crippen molar-refractivity contribution in [2.24, 2.45) is 11.1 Å². The maximum absolute atomic E-state index is 13.2. The van der Waals surface area contributed by atoms with Crippen LogP contribution in [0.15, 0.2) is 47.6 Å². The molecule has 0 spiro atoms. The molecule has 2 aromatic rings. The SMILES string of the molecule is Cc1cccc(C)c1N1C(=O)[C@@H]2C(c3ccc(F)cc3)=NO[C@@H]2C1=O. The number of carbonyl (C=O) groups is 2. The first-order chi connectivity index (χ1) is 12.0. The van der Waals surface area contributed by atoms with Crippen LogP contribution in [0.2, 0.25) is 0 Å². The maximum Gasteiger partial charge on any atom is 0.278 e. The zero-order valence-electron chi connectivity index (χ0n) is 13.7. The predicted octanol–water partition coefficient (Wildman–Crippen LogP) is 2.74. The molecule has 0 aromatic heterocycles. The van der Waals surface area contributed by atoms with Crippen molar-refractivity contribution >= 4 is 23.2 Å². The molecule has 1 saturated heterocycles. The van der Waals surface area contributed by atoms with Crippen LogP contribution in [0.1, 0.15) is 16.7 Å². The Balaban J connectivity index is 1.75. The van der Waals surface area contributed by atoms with Crippen molar-refractivity contribution in [2.75, 3.05) is 4.90 Å². The molecule has 0 radical (unpaired) electrons. The summed E-state index contributed by atoms with van der Waals surface area (Å²) < 4.78 is 13.2. The molecule has 6 heteroatoms. The fraction of sp³-hybridized carbons (Fsp3) is 0.211. The number of aryl methyl sites for hydroxylation is 2. The van der Waals surface area contributed by atoms with Gasteiger partial charge in [-0.3, -0.25) is 9.59 Å². The van der Waals surface area contributed by atoms with Crippen LogP contribution < -0.4 is 4.90 Å². The Labute approximate surface area is 143 Å². The molecule has 1 fully saturated rings. The average molecular weight is 338 g/mol. The van der Waals surface area contributed by atoms with E-state index in [0.717, 1.165) is 11.1 Å². The topological polar surface area (TPSA) is 59.0 Å². The highest BCUT2D eigenvalue weighted by Crippen LogP contribution is 2.37. The van der Waals surface area contributed by atoms with Crippen molar-refractivity contribution in [1.82, 2.24) is 0 Å². The van der Waals surface area contributed by atoms with Gasteiger partial charge in [0.15, 0.2) is 0 Å². The molecular weight excluding hydrogens is 323 g/mol. The van der Waals surface area contributed by atoms with Gasteiger partial charge in [-0.1, -0.05) is 35.5 Å². The van der Waals surface area contributed by atoms with E-state index >= 15 is 0 Å². The van der Waals surface area contributed by atoms with Gasteiger partial charge in [-0.25, -0.2) is 9.29 Å². The van der Waals surface area contributed by atoms with E-state index in [9.17, 15) is 14.0 Å². The van der Waals surface area contributed by atoms with E-state index in [1.165, 1.54) is 29.2 Å². The molecule has 4 rings (SSSR count). The number of carbonyl (C=O) groups excluding carboxylic acids is 2. The number of rotatable bonds is 2.